The predicted molar refractivity (Wildman–Crippen MR) is 140 cm³/mol. The standard InChI is InChI=1S/C30H21N3O3/c34-28-26(29(35)33(30(36)31-28)23-12-2-1-3-13-23)17-22-19-32(27-16-7-6-15-25(22)27)18-21-11-8-10-20-9-4-5-14-24(20)21/h1-17,19H,18H2,(H,31,34,36)/b26-17-. The number of barbiturate groups is 1. The first-order valence-electron chi connectivity index (χ1n) is 11.6. The number of para-hydroxylation sites is 2. The molecule has 4 aromatic carbocycles. The summed E-state index contributed by atoms with van der Waals surface area (Å²) in [5, 5.41) is 5.55. The molecule has 1 N–H and O–H groups in total. The third-order valence-electron chi connectivity index (χ3n) is 6.46. The van der Waals surface area contributed by atoms with Crippen molar-refractivity contribution in [1.82, 2.24) is 9.88 Å². The van der Waals surface area contributed by atoms with Crippen LogP contribution in [0.4, 0.5) is 10.5 Å². The molecule has 0 saturated carbocycles. The summed E-state index contributed by atoms with van der Waals surface area (Å²) in [5.41, 5.74) is 3.19. The Morgan fingerprint density at radius 3 is 2.25 bits per heavy atom. The molecule has 1 fully saturated rings. The molecule has 6 rings (SSSR count). The molecule has 1 aliphatic heterocycles. The van der Waals surface area contributed by atoms with Crippen molar-refractivity contribution < 1.29 is 14.4 Å². The maximum Gasteiger partial charge on any atom is 0.335 e. The number of nitrogens with one attached hydrogen (secondary N) is 1. The molecule has 0 unspecified atom stereocenters. The van der Waals surface area contributed by atoms with E-state index >= 15 is 0 Å². The van der Waals surface area contributed by atoms with Gasteiger partial charge in [0.15, 0.2) is 0 Å². The molecule has 0 spiro atoms. The van der Waals surface area contributed by atoms with Crippen molar-refractivity contribution in [1.29, 1.82) is 0 Å². The Kier molecular flexibility index (Phi) is 5.19. The van der Waals surface area contributed by atoms with Gasteiger partial charge >= 0.3 is 6.03 Å². The molecule has 6 nitrogen and oxygen atoms in total. The number of hydrogen-bond acceptors (Lipinski definition) is 3. The highest BCUT2D eigenvalue weighted by Gasteiger charge is 2.36. The summed E-state index contributed by atoms with van der Waals surface area (Å²) in [6, 6.07) is 30.2. The van der Waals surface area contributed by atoms with E-state index in [-0.39, 0.29) is 5.57 Å². The number of hydrogen-bond donors (Lipinski definition) is 1. The van der Waals surface area contributed by atoms with Crippen LogP contribution in [-0.4, -0.2) is 22.4 Å². The van der Waals surface area contributed by atoms with Crippen molar-refractivity contribution in [2.45, 2.75) is 6.54 Å². The largest absolute Gasteiger partial charge is 0.342 e. The van der Waals surface area contributed by atoms with Gasteiger partial charge in [-0.2, -0.15) is 0 Å². The molecule has 1 aliphatic rings. The molecule has 2 heterocycles. The van der Waals surface area contributed by atoms with Crippen molar-refractivity contribution >= 4 is 51.3 Å². The Bertz CT molecular complexity index is 1690. The molecule has 6 heteroatoms. The van der Waals surface area contributed by atoms with Gasteiger partial charge in [0.25, 0.3) is 11.8 Å². The Balaban J connectivity index is 1.44. The first-order valence-corrected chi connectivity index (χ1v) is 11.6. The van der Waals surface area contributed by atoms with E-state index in [2.05, 4.69) is 34.1 Å². The van der Waals surface area contributed by atoms with Gasteiger partial charge in [-0.05, 0) is 40.6 Å². The van der Waals surface area contributed by atoms with E-state index in [1.54, 1.807) is 36.4 Å². The third kappa shape index (κ3) is 3.65. The van der Waals surface area contributed by atoms with Gasteiger partial charge in [-0.3, -0.25) is 14.9 Å². The van der Waals surface area contributed by atoms with Crippen LogP contribution in [0.3, 0.4) is 0 Å². The Labute approximate surface area is 207 Å². The third-order valence-corrected chi connectivity index (χ3v) is 6.46. The molecule has 1 saturated heterocycles. The van der Waals surface area contributed by atoms with Crippen molar-refractivity contribution in [3.05, 3.63) is 120 Å². The minimum atomic E-state index is -0.758. The van der Waals surface area contributed by atoms with Crippen LogP contribution >= 0.6 is 0 Å². The SMILES string of the molecule is O=C1NC(=O)N(c2ccccc2)C(=O)/C1=C\c1cn(Cc2cccc3ccccc23)c2ccccc12. The molecule has 0 aliphatic carbocycles. The summed E-state index contributed by atoms with van der Waals surface area (Å²) in [4.78, 5) is 39.5. The molecule has 36 heavy (non-hydrogen) atoms. The zero-order valence-electron chi connectivity index (χ0n) is 19.2. The average molecular weight is 472 g/mol. The van der Waals surface area contributed by atoms with Crippen molar-refractivity contribution in [3.63, 3.8) is 0 Å². The number of urea groups is 1. The number of rotatable bonds is 4. The molecule has 174 valence electrons. The van der Waals surface area contributed by atoms with Gasteiger partial charge in [0.1, 0.15) is 5.57 Å². The van der Waals surface area contributed by atoms with Crippen LogP contribution in [0.15, 0.2) is 109 Å². The maximum atomic E-state index is 13.3. The second kappa shape index (κ2) is 8.67. The zero-order valence-corrected chi connectivity index (χ0v) is 19.2. The predicted octanol–water partition coefficient (Wildman–Crippen LogP) is 5.51. The lowest BCUT2D eigenvalue weighted by molar-refractivity contribution is -0.122. The highest BCUT2D eigenvalue weighted by molar-refractivity contribution is 6.39. The Hall–Kier alpha value is -4.97. The fraction of sp³-hybridized carbons (Fsp3) is 0.0333. The summed E-state index contributed by atoms with van der Waals surface area (Å²) < 4.78 is 2.12. The van der Waals surface area contributed by atoms with Crippen molar-refractivity contribution in [3.8, 4) is 0 Å². The van der Waals surface area contributed by atoms with Crippen LogP contribution < -0.4 is 10.2 Å². The number of fused-ring (bicyclic) bond motifs is 2. The van der Waals surface area contributed by atoms with Gasteiger partial charge < -0.3 is 4.57 Å². The summed E-state index contributed by atoms with van der Waals surface area (Å²) in [7, 11) is 0. The van der Waals surface area contributed by atoms with Gasteiger partial charge in [-0.15, -0.1) is 0 Å². The van der Waals surface area contributed by atoms with Gasteiger partial charge in [0.05, 0.1) is 5.69 Å². The summed E-state index contributed by atoms with van der Waals surface area (Å²) in [6.45, 7) is 0.625. The molecule has 1 aromatic heterocycles. The average Bonchev–Trinajstić information content (AvgIpc) is 3.24. The summed E-state index contributed by atoms with van der Waals surface area (Å²) in [5.74, 6) is -1.36. The fourth-order valence-corrected chi connectivity index (χ4v) is 4.76. The first-order chi connectivity index (χ1) is 17.6. The summed E-state index contributed by atoms with van der Waals surface area (Å²) in [6.07, 6.45) is 3.52. The normalized spacial score (nSPS) is 15.2. The lowest BCUT2D eigenvalue weighted by Gasteiger charge is -2.26. The quantitative estimate of drug-likeness (QED) is 0.278. The van der Waals surface area contributed by atoms with E-state index in [4.69, 9.17) is 0 Å². The first kappa shape index (κ1) is 21.6. The monoisotopic (exact) mass is 471 g/mol. The van der Waals surface area contributed by atoms with E-state index in [1.165, 1.54) is 16.3 Å². The molecular weight excluding hydrogens is 450 g/mol. The second-order valence-electron chi connectivity index (χ2n) is 8.66. The zero-order chi connectivity index (χ0) is 24.6. The Morgan fingerprint density at radius 1 is 0.722 bits per heavy atom. The molecular formula is C30H21N3O3. The van der Waals surface area contributed by atoms with Crippen LogP contribution in [0.5, 0.6) is 0 Å². The van der Waals surface area contributed by atoms with Crippen LogP contribution in [0.2, 0.25) is 0 Å². The number of benzene rings is 4. The number of amides is 4. The lowest BCUT2D eigenvalue weighted by Crippen LogP contribution is -2.54. The van der Waals surface area contributed by atoms with Crippen LogP contribution in [0.1, 0.15) is 11.1 Å². The summed E-state index contributed by atoms with van der Waals surface area (Å²) >= 11 is 0. The minimum absolute atomic E-state index is 0.0912. The van der Waals surface area contributed by atoms with Gasteiger partial charge in [-0.25, -0.2) is 9.69 Å². The molecule has 5 aromatic rings. The number of aromatic nitrogens is 1. The van der Waals surface area contributed by atoms with E-state index in [9.17, 15) is 14.4 Å². The van der Waals surface area contributed by atoms with E-state index < -0.39 is 17.8 Å². The maximum absolute atomic E-state index is 13.3. The highest BCUT2D eigenvalue weighted by Crippen LogP contribution is 2.28. The van der Waals surface area contributed by atoms with E-state index in [1.807, 2.05) is 48.7 Å². The van der Waals surface area contributed by atoms with Crippen molar-refractivity contribution in [2.75, 3.05) is 4.90 Å². The number of carbonyl (C=O) groups is 3. The number of imide groups is 2. The second-order valence-corrected chi connectivity index (χ2v) is 8.66. The van der Waals surface area contributed by atoms with Crippen molar-refractivity contribution in [2.24, 2.45) is 0 Å². The number of anilines is 1. The number of carbonyl (C=O) groups excluding carboxylic acids is 3. The smallest absolute Gasteiger partial charge is 0.335 e. The molecule has 4 amide bonds. The van der Waals surface area contributed by atoms with E-state index in [0.717, 1.165) is 21.4 Å². The molecule has 0 radical (unpaired) electrons. The van der Waals surface area contributed by atoms with Gasteiger partial charge in [-0.1, -0.05) is 78.9 Å². The van der Waals surface area contributed by atoms with Crippen LogP contribution in [0, 0.1) is 0 Å². The van der Waals surface area contributed by atoms with Gasteiger partial charge in [0.2, 0.25) is 0 Å². The van der Waals surface area contributed by atoms with Gasteiger partial charge in [0, 0.05) is 29.2 Å². The van der Waals surface area contributed by atoms with E-state index in [0.29, 0.717) is 12.2 Å². The topological polar surface area (TPSA) is 71.4 Å². The lowest BCUT2D eigenvalue weighted by atomic mass is 10.0. The number of nitrogens with zero attached hydrogens (tertiary/aromatic N) is 2. The fourth-order valence-electron chi connectivity index (χ4n) is 4.76. The van der Waals surface area contributed by atoms with Crippen LogP contribution in [0.25, 0.3) is 27.8 Å². The van der Waals surface area contributed by atoms with Crippen LogP contribution in [-0.2, 0) is 16.1 Å². The Morgan fingerprint density at radius 2 is 1.42 bits per heavy atom. The molecule has 0 bridgehead atoms. The molecule has 0 atom stereocenters. The highest BCUT2D eigenvalue weighted by atomic mass is 16.2. The minimum Gasteiger partial charge on any atom is -0.342 e.